The molecule has 1 saturated heterocycles. The first-order valence-electron chi connectivity index (χ1n) is 11.9. The molecule has 2 aromatic rings. The second-order valence-corrected chi connectivity index (χ2v) is 8.91. The van der Waals surface area contributed by atoms with Gasteiger partial charge in [-0.3, -0.25) is 9.79 Å². The van der Waals surface area contributed by atoms with E-state index in [1.807, 2.05) is 12.3 Å². The predicted molar refractivity (Wildman–Crippen MR) is 140 cm³/mol. The van der Waals surface area contributed by atoms with Crippen LogP contribution in [0.3, 0.4) is 0 Å². The lowest BCUT2D eigenvalue weighted by atomic mass is 9.88. The zero-order valence-electron chi connectivity index (χ0n) is 19.3. The van der Waals surface area contributed by atoms with Gasteiger partial charge in [0.2, 0.25) is 5.91 Å². The van der Waals surface area contributed by atoms with Gasteiger partial charge >= 0.3 is 0 Å². The SMILES string of the molecule is CCNC(=NCCc1cn2cccc(C)c2n1)NC1CCN(C(=O)C2CCCCC2)C1.I. The number of hydrogen-bond acceptors (Lipinski definition) is 3. The quantitative estimate of drug-likeness (QED) is 0.327. The van der Waals surface area contributed by atoms with Crippen molar-refractivity contribution in [1.29, 1.82) is 0 Å². The van der Waals surface area contributed by atoms with Crippen molar-refractivity contribution < 1.29 is 4.79 Å². The molecule has 176 valence electrons. The Morgan fingerprint density at radius 1 is 1.25 bits per heavy atom. The van der Waals surface area contributed by atoms with Crippen molar-refractivity contribution in [3.63, 3.8) is 0 Å². The van der Waals surface area contributed by atoms with Gasteiger partial charge in [-0.25, -0.2) is 4.98 Å². The molecule has 7 nitrogen and oxygen atoms in total. The van der Waals surface area contributed by atoms with Gasteiger partial charge in [0.15, 0.2) is 5.96 Å². The normalized spacial score (nSPS) is 19.8. The largest absolute Gasteiger partial charge is 0.357 e. The molecule has 2 aliphatic rings. The third-order valence-corrected chi connectivity index (χ3v) is 6.51. The number of guanidine groups is 1. The lowest BCUT2D eigenvalue weighted by molar-refractivity contribution is -0.135. The van der Waals surface area contributed by atoms with Crippen LogP contribution in [0, 0.1) is 12.8 Å². The van der Waals surface area contributed by atoms with Crippen molar-refractivity contribution in [3.8, 4) is 0 Å². The van der Waals surface area contributed by atoms with E-state index < -0.39 is 0 Å². The summed E-state index contributed by atoms with van der Waals surface area (Å²) in [5.41, 5.74) is 3.25. The zero-order chi connectivity index (χ0) is 21.6. The zero-order valence-corrected chi connectivity index (χ0v) is 21.7. The predicted octanol–water partition coefficient (Wildman–Crippen LogP) is 3.54. The minimum atomic E-state index is 0. The highest BCUT2D eigenvalue weighted by atomic mass is 127. The number of aromatic nitrogens is 2. The molecule has 8 heteroatoms. The Kier molecular flexibility index (Phi) is 9.19. The Labute approximate surface area is 208 Å². The van der Waals surface area contributed by atoms with Crippen molar-refractivity contribution in [2.45, 2.75) is 64.8 Å². The summed E-state index contributed by atoms with van der Waals surface area (Å²) < 4.78 is 2.08. The average Bonchev–Trinajstić information content (AvgIpc) is 3.42. The molecular weight excluding hydrogens is 515 g/mol. The Bertz CT molecular complexity index is 920. The summed E-state index contributed by atoms with van der Waals surface area (Å²) in [4.78, 5) is 24.4. The third kappa shape index (κ3) is 6.14. The summed E-state index contributed by atoms with van der Waals surface area (Å²) in [7, 11) is 0. The van der Waals surface area contributed by atoms with Crippen LogP contribution in [0.25, 0.3) is 5.65 Å². The van der Waals surface area contributed by atoms with Crippen molar-refractivity contribution in [1.82, 2.24) is 24.9 Å². The van der Waals surface area contributed by atoms with E-state index in [-0.39, 0.29) is 35.9 Å². The fraction of sp³-hybridized carbons (Fsp3) is 0.625. The molecule has 0 radical (unpaired) electrons. The molecule has 0 spiro atoms. The first-order valence-corrected chi connectivity index (χ1v) is 11.9. The molecule has 3 heterocycles. The number of pyridine rings is 1. The number of nitrogens with one attached hydrogen (secondary N) is 2. The topological polar surface area (TPSA) is 74.0 Å². The molecule has 0 bridgehead atoms. The van der Waals surface area contributed by atoms with Crippen LogP contribution in [0.2, 0.25) is 0 Å². The van der Waals surface area contributed by atoms with Crippen LogP contribution >= 0.6 is 24.0 Å². The number of hydrogen-bond donors (Lipinski definition) is 2. The summed E-state index contributed by atoms with van der Waals surface area (Å²) in [5.74, 6) is 1.45. The maximum atomic E-state index is 12.8. The van der Waals surface area contributed by atoms with Crippen molar-refractivity contribution >= 4 is 41.5 Å². The van der Waals surface area contributed by atoms with Gasteiger partial charge in [0, 0.05) is 57.0 Å². The fourth-order valence-electron chi connectivity index (χ4n) is 4.81. The van der Waals surface area contributed by atoms with E-state index in [0.717, 1.165) is 62.6 Å². The highest BCUT2D eigenvalue weighted by Crippen LogP contribution is 2.26. The Morgan fingerprint density at radius 3 is 2.81 bits per heavy atom. The number of aryl methyl sites for hydroxylation is 1. The standard InChI is InChI=1S/C24H36N6O.HI/c1-3-25-24(26-13-11-20-16-29-14-7-8-18(2)22(29)27-20)28-21-12-15-30(17-21)23(31)19-9-5-4-6-10-19;/h7-8,14,16,19,21H,3-6,9-13,15,17H2,1-2H3,(H2,25,26,28);1H. The van der Waals surface area contributed by atoms with Gasteiger partial charge in [0.1, 0.15) is 5.65 Å². The number of carbonyl (C=O) groups excluding carboxylic acids is 1. The minimum Gasteiger partial charge on any atom is -0.357 e. The maximum absolute atomic E-state index is 12.8. The summed E-state index contributed by atoms with van der Waals surface area (Å²) in [6.45, 7) is 7.29. The number of carbonyl (C=O) groups is 1. The number of likely N-dealkylation sites (tertiary alicyclic amines) is 1. The van der Waals surface area contributed by atoms with Crippen LogP contribution in [0.15, 0.2) is 29.5 Å². The summed E-state index contributed by atoms with van der Waals surface area (Å²) in [5, 5.41) is 6.89. The molecule has 1 unspecified atom stereocenters. The number of aliphatic imine (C=N–C) groups is 1. The van der Waals surface area contributed by atoms with Gasteiger partial charge in [-0.1, -0.05) is 25.3 Å². The first-order chi connectivity index (χ1) is 15.1. The van der Waals surface area contributed by atoms with Crippen LogP contribution in [0.5, 0.6) is 0 Å². The Hall–Kier alpha value is -1.84. The van der Waals surface area contributed by atoms with Gasteiger partial charge in [-0.2, -0.15) is 0 Å². The van der Waals surface area contributed by atoms with E-state index in [9.17, 15) is 4.79 Å². The highest BCUT2D eigenvalue weighted by Gasteiger charge is 2.31. The van der Waals surface area contributed by atoms with Crippen LogP contribution in [-0.4, -0.2) is 58.4 Å². The lowest BCUT2D eigenvalue weighted by Gasteiger charge is -2.26. The van der Waals surface area contributed by atoms with Crippen LogP contribution < -0.4 is 10.6 Å². The number of rotatable bonds is 6. The lowest BCUT2D eigenvalue weighted by Crippen LogP contribution is -2.45. The van der Waals surface area contributed by atoms with Gasteiger partial charge in [0.25, 0.3) is 0 Å². The summed E-state index contributed by atoms with van der Waals surface area (Å²) in [6, 6.07) is 4.40. The van der Waals surface area contributed by atoms with E-state index in [1.54, 1.807) is 0 Å². The number of imidazole rings is 1. The molecule has 1 aliphatic heterocycles. The minimum absolute atomic E-state index is 0. The second-order valence-electron chi connectivity index (χ2n) is 8.91. The molecule has 2 aromatic heterocycles. The van der Waals surface area contributed by atoms with Gasteiger partial charge < -0.3 is 19.9 Å². The van der Waals surface area contributed by atoms with Gasteiger partial charge in [-0.05, 0) is 44.7 Å². The van der Waals surface area contributed by atoms with Gasteiger partial charge in [0.05, 0.1) is 5.69 Å². The third-order valence-electron chi connectivity index (χ3n) is 6.51. The Morgan fingerprint density at radius 2 is 2.06 bits per heavy atom. The molecule has 4 rings (SSSR count). The number of nitrogens with zero attached hydrogens (tertiary/aromatic N) is 4. The monoisotopic (exact) mass is 552 g/mol. The second kappa shape index (κ2) is 11.9. The van der Waals surface area contributed by atoms with E-state index >= 15 is 0 Å². The molecular formula is C24H37IN6O. The van der Waals surface area contributed by atoms with Gasteiger partial charge in [-0.15, -0.1) is 24.0 Å². The fourth-order valence-corrected chi connectivity index (χ4v) is 4.81. The van der Waals surface area contributed by atoms with E-state index in [2.05, 4.69) is 46.0 Å². The number of amides is 1. The van der Waals surface area contributed by atoms with Crippen molar-refractivity contribution in [2.75, 3.05) is 26.2 Å². The summed E-state index contributed by atoms with van der Waals surface area (Å²) >= 11 is 0. The van der Waals surface area contributed by atoms with E-state index in [1.165, 1.54) is 24.8 Å². The van der Waals surface area contributed by atoms with E-state index in [4.69, 9.17) is 9.98 Å². The van der Waals surface area contributed by atoms with Crippen LogP contribution in [-0.2, 0) is 11.2 Å². The Balaban J connectivity index is 0.00000289. The first kappa shape index (κ1) is 24.8. The molecule has 1 atom stereocenters. The highest BCUT2D eigenvalue weighted by molar-refractivity contribution is 14.0. The molecule has 0 aromatic carbocycles. The maximum Gasteiger partial charge on any atom is 0.225 e. The van der Waals surface area contributed by atoms with Crippen LogP contribution in [0.4, 0.5) is 0 Å². The molecule has 1 aliphatic carbocycles. The molecule has 32 heavy (non-hydrogen) atoms. The van der Waals surface area contributed by atoms with E-state index in [0.29, 0.717) is 12.5 Å². The number of fused-ring (bicyclic) bond motifs is 1. The van der Waals surface area contributed by atoms with Crippen molar-refractivity contribution in [2.24, 2.45) is 10.9 Å². The van der Waals surface area contributed by atoms with Crippen molar-refractivity contribution in [3.05, 3.63) is 35.8 Å². The smallest absolute Gasteiger partial charge is 0.225 e. The number of halogens is 1. The average molecular weight is 553 g/mol. The summed E-state index contributed by atoms with van der Waals surface area (Å²) in [6.07, 6.45) is 11.7. The van der Waals surface area contributed by atoms with Crippen LogP contribution in [0.1, 0.15) is 56.7 Å². The molecule has 2 fully saturated rings. The molecule has 1 saturated carbocycles. The molecule has 1 amide bonds. The molecule has 2 N–H and O–H groups in total.